The van der Waals surface area contributed by atoms with Crippen molar-refractivity contribution in [2.75, 3.05) is 0 Å². The predicted molar refractivity (Wildman–Crippen MR) is 136 cm³/mol. The summed E-state index contributed by atoms with van der Waals surface area (Å²) in [7, 11) is 0. The molecular formula is C32H30. The fraction of sp³-hybridized carbons (Fsp3) is 0.250. The molecule has 4 aromatic carbocycles. The minimum atomic E-state index is 0.0468. The highest BCUT2D eigenvalue weighted by Crippen LogP contribution is 2.53. The Balaban J connectivity index is 1.61. The van der Waals surface area contributed by atoms with E-state index in [9.17, 15) is 0 Å². The lowest BCUT2D eigenvalue weighted by atomic mass is 9.80. The van der Waals surface area contributed by atoms with Gasteiger partial charge < -0.3 is 0 Å². The van der Waals surface area contributed by atoms with Gasteiger partial charge in [0, 0.05) is 10.8 Å². The number of aryl methyl sites for hydroxylation is 1. The quantitative estimate of drug-likeness (QED) is 0.292. The minimum Gasteiger partial charge on any atom is -0.0619 e. The molecule has 6 rings (SSSR count). The first-order chi connectivity index (χ1) is 15.2. The van der Waals surface area contributed by atoms with E-state index >= 15 is 0 Å². The van der Waals surface area contributed by atoms with Gasteiger partial charge in [-0.05, 0) is 86.7 Å². The highest BCUT2D eigenvalue weighted by molar-refractivity contribution is 5.91. The smallest absolute Gasteiger partial charge is 0.0158 e. The fourth-order valence-electron chi connectivity index (χ4n) is 6.41. The molecule has 0 atom stereocenters. The zero-order valence-electron chi connectivity index (χ0n) is 19.9. The van der Waals surface area contributed by atoms with Gasteiger partial charge in [0.05, 0.1) is 0 Å². The first kappa shape index (κ1) is 19.6. The van der Waals surface area contributed by atoms with E-state index in [-0.39, 0.29) is 10.8 Å². The second kappa shape index (κ2) is 6.23. The number of hydrogen-bond acceptors (Lipinski definition) is 0. The molecule has 2 aliphatic rings. The third-order valence-corrected chi connectivity index (χ3v) is 8.23. The van der Waals surface area contributed by atoms with Crippen LogP contribution in [0.2, 0.25) is 0 Å². The largest absolute Gasteiger partial charge is 0.0619 e. The maximum Gasteiger partial charge on any atom is 0.0158 e. The zero-order valence-corrected chi connectivity index (χ0v) is 19.9. The van der Waals surface area contributed by atoms with E-state index in [4.69, 9.17) is 0 Å². The Labute approximate surface area is 192 Å². The fourth-order valence-corrected chi connectivity index (χ4v) is 6.41. The molecule has 0 amide bonds. The monoisotopic (exact) mass is 414 g/mol. The van der Waals surface area contributed by atoms with Gasteiger partial charge in [-0.15, -0.1) is 0 Å². The van der Waals surface area contributed by atoms with Crippen LogP contribution in [-0.4, -0.2) is 0 Å². The highest BCUT2D eigenvalue weighted by atomic mass is 14.4. The molecule has 0 heteroatoms. The van der Waals surface area contributed by atoms with Gasteiger partial charge in [-0.25, -0.2) is 0 Å². The van der Waals surface area contributed by atoms with Crippen molar-refractivity contribution in [1.82, 2.24) is 0 Å². The molecule has 0 nitrogen and oxygen atoms in total. The minimum absolute atomic E-state index is 0.0468. The van der Waals surface area contributed by atoms with Crippen LogP contribution in [0.1, 0.15) is 61.1 Å². The molecule has 0 spiro atoms. The maximum absolute atomic E-state index is 2.46. The van der Waals surface area contributed by atoms with Gasteiger partial charge in [-0.1, -0.05) is 94.4 Å². The van der Waals surface area contributed by atoms with E-state index in [1.165, 1.54) is 66.8 Å². The van der Waals surface area contributed by atoms with E-state index < -0.39 is 0 Å². The molecule has 0 radical (unpaired) electrons. The van der Waals surface area contributed by atoms with Crippen molar-refractivity contribution in [3.8, 4) is 33.4 Å². The molecular weight excluding hydrogens is 384 g/mol. The molecule has 0 N–H and O–H groups in total. The number of fused-ring (bicyclic) bond motifs is 6. The molecule has 2 aliphatic carbocycles. The summed E-state index contributed by atoms with van der Waals surface area (Å²) < 4.78 is 0. The molecule has 0 fully saturated rings. The summed E-state index contributed by atoms with van der Waals surface area (Å²) in [6, 6.07) is 27.5. The molecule has 4 aromatic rings. The summed E-state index contributed by atoms with van der Waals surface area (Å²) in [4.78, 5) is 0. The second-order valence-corrected chi connectivity index (χ2v) is 10.7. The molecule has 0 aliphatic heterocycles. The summed E-state index contributed by atoms with van der Waals surface area (Å²) in [5.41, 5.74) is 17.0. The third kappa shape index (κ3) is 2.33. The molecule has 0 heterocycles. The lowest BCUT2D eigenvalue weighted by molar-refractivity contribution is 0.659. The van der Waals surface area contributed by atoms with Crippen molar-refractivity contribution in [2.24, 2.45) is 0 Å². The van der Waals surface area contributed by atoms with Crippen molar-refractivity contribution < 1.29 is 0 Å². The highest BCUT2D eigenvalue weighted by Gasteiger charge is 2.38. The SMILES string of the molecule is Cc1cc2c(cc1-c1ccc3c(c1C)-c1ccccc1C3(C)C)-c1ccccc1C2(C)C. The van der Waals surface area contributed by atoms with Crippen LogP contribution in [0.25, 0.3) is 33.4 Å². The molecule has 0 bridgehead atoms. The molecule has 0 saturated carbocycles. The second-order valence-electron chi connectivity index (χ2n) is 10.7. The Morgan fingerprint density at radius 1 is 0.469 bits per heavy atom. The number of hydrogen-bond donors (Lipinski definition) is 0. The standard InChI is InChI=1S/C32H30/c1-19-17-29-25(22-11-7-9-13-26(22)32(29,5)6)18-24(19)21-15-16-28-30(20(21)2)23-12-8-10-14-27(23)31(28,3)4/h7-18H,1-6H3. The van der Waals surface area contributed by atoms with Crippen LogP contribution in [0.5, 0.6) is 0 Å². The first-order valence-electron chi connectivity index (χ1n) is 11.7. The van der Waals surface area contributed by atoms with Crippen LogP contribution >= 0.6 is 0 Å². The van der Waals surface area contributed by atoms with Crippen LogP contribution in [0.15, 0.2) is 72.8 Å². The first-order valence-corrected chi connectivity index (χ1v) is 11.7. The van der Waals surface area contributed by atoms with Gasteiger partial charge >= 0.3 is 0 Å². The number of benzene rings is 4. The van der Waals surface area contributed by atoms with Crippen LogP contribution in [0.3, 0.4) is 0 Å². The van der Waals surface area contributed by atoms with Crippen LogP contribution < -0.4 is 0 Å². The Hall–Kier alpha value is -3.12. The average molecular weight is 415 g/mol. The van der Waals surface area contributed by atoms with Gasteiger partial charge in [0.15, 0.2) is 0 Å². The van der Waals surface area contributed by atoms with E-state index in [1.807, 2.05) is 0 Å². The molecule has 0 aromatic heterocycles. The number of rotatable bonds is 1. The van der Waals surface area contributed by atoms with Gasteiger partial charge in [0.2, 0.25) is 0 Å². The summed E-state index contributed by atoms with van der Waals surface area (Å²) in [5.74, 6) is 0. The Morgan fingerprint density at radius 2 is 1.06 bits per heavy atom. The van der Waals surface area contributed by atoms with Crippen LogP contribution in [0.4, 0.5) is 0 Å². The molecule has 0 saturated heterocycles. The Morgan fingerprint density at radius 3 is 1.78 bits per heavy atom. The van der Waals surface area contributed by atoms with Crippen LogP contribution in [0, 0.1) is 13.8 Å². The lowest BCUT2D eigenvalue weighted by Gasteiger charge is -2.24. The van der Waals surface area contributed by atoms with Gasteiger partial charge in [0.1, 0.15) is 0 Å². The Bertz CT molecular complexity index is 1420. The van der Waals surface area contributed by atoms with E-state index in [0.29, 0.717) is 0 Å². The van der Waals surface area contributed by atoms with Gasteiger partial charge in [-0.2, -0.15) is 0 Å². The zero-order chi connectivity index (χ0) is 22.4. The summed E-state index contributed by atoms with van der Waals surface area (Å²) in [5, 5.41) is 0. The topological polar surface area (TPSA) is 0 Å². The van der Waals surface area contributed by atoms with E-state index in [1.54, 1.807) is 0 Å². The van der Waals surface area contributed by atoms with Gasteiger partial charge in [-0.3, -0.25) is 0 Å². The van der Waals surface area contributed by atoms with Gasteiger partial charge in [0.25, 0.3) is 0 Å². The molecule has 32 heavy (non-hydrogen) atoms. The van der Waals surface area contributed by atoms with Crippen molar-refractivity contribution in [2.45, 2.75) is 52.4 Å². The third-order valence-electron chi connectivity index (χ3n) is 8.23. The van der Waals surface area contributed by atoms with E-state index in [2.05, 4.69) is 114 Å². The normalized spacial score (nSPS) is 16.3. The lowest BCUT2D eigenvalue weighted by Crippen LogP contribution is -2.15. The maximum atomic E-state index is 2.46. The molecule has 0 unspecified atom stereocenters. The van der Waals surface area contributed by atoms with Crippen LogP contribution in [-0.2, 0) is 10.8 Å². The van der Waals surface area contributed by atoms with Crippen molar-refractivity contribution in [3.05, 3.63) is 106 Å². The average Bonchev–Trinajstić information content (AvgIpc) is 3.14. The summed E-state index contributed by atoms with van der Waals surface area (Å²) >= 11 is 0. The van der Waals surface area contributed by atoms with Crippen molar-refractivity contribution >= 4 is 0 Å². The predicted octanol–water partition coefficient (Wildman–Crippen LogP) is 8.58. The van der Waals surface area contributed by atoms with Crippen molar-refractivity contribution in [3.63, 3.8) is 0 Å². The Kier molecular flexibility index (Phi) is 3.81. The van der Waals surface area contributed by atoms with Crippen molar-refractivity contribution in [1.29, 1.82) is 0 Å². The van der Waals surface area contributed by atoms with E-state index in [0.717, 1.165) is 0 Å². The molecule has 158 valence electrons. The summed E-state index contributed by atoms with van der Waals surface area (Å²) in [6.07, 6.45) is 0. The summed E-state index contributed by atoms with van der Waals surface area (Å²) in [6.45, 7) is 14.0.